The van der Waals surface area contributed by atoms with Crippen LogP contribution in [0.15, 0.2) is 158 Å². The number of anilines is 6. The van der Waals surface area contributed by atoms with Crippen molar-refractivity contribution >= 4 is 34.1 Å². The summed E-state index contributed by atoms with van der Waals surface area (Å²) in [5.74, 6) is 0. The highest BCUT2D eigenvalue weighted by Crippen LogP contribution is 2.39. The lowest BCUT2D eigenvalue weighted by Gasteiger charge is -2.40. The Morgan fingerprint density at radius 3 is 1.02 bits per heavy atom. The summed E-state index contributed by atoms with van der Waals surface area (Å²) in [5, 5.41) is 0. The first-order valence-electron chi connectivity index (χ1n) is 20.1. The number of ether oxygens (including phenoxy) is 4. The van der Waals surface area contributed by atoms with Crippen LogP contribution in [0.5, 0.6) is 0 Å². The van der Waals surface area contributed by atoms with Crippen LogP contribution in [-0.2, 0) is 32.2 Å². The molecule has 0 aromatic heterocycles. The van der Waals surface area contributed by atoms with Crippen molar-refractivity contribution in [3.8, 4) is 11.1 Å². The van der Waals surface area contributed by atoms with Gasteiger partial charge in [0.1, 0.15) is 0 Å². The molecule has 2 aliphatic heterocycles. The molecule has 6 heteroatoms. The van der Waals surface area contributed by atoms with Crippen LogP contribution < -0.4 is 9.80 Å². The Balaban J connectivity index is 0.973. The molecule has 2 unspecified atom stereocenters. The maximum atomic E-state index is 6.09. The Morgan fingerprint density at radius 2 is 0.732 bits per heavy atom. The zero-order valence-corrected chi connectivity index (χ0v) is 32.6. The fourth-order valence-electron chi connectivity index (χ4n) is 7.62. The van der Waals surface area contributed by atoms with Gasteiger partial charge < -0.3 is 28.7 Å². The second-order valence-corrected chi connectivity index (χ2v) is 15.0. The summed E-state index contributed by atoms with van der Waals surface area (Å²) in [4.78, 5) is 4.59. The van der Waals surface area contributed by atoms with E-state index in [2.05, 4.69) is 181 Å². The topological polar surface area (TPSA) is 43.4 Å². The molecule has 0 spiro atoms. The highest BCUT2D eigenvalue weighted by molar-refractivity contribution is 5.80. The summed E-state index contributed by atoms with van der Waals surface area (Å²) in [7, 11) is 0. The summed E-state index contributed by atoms with van der Waals surface area (Å²) in [6.07, 6.45) is 4.12. The van der Waals surface area contributed by atoms with E-state index >= 15 is 0 Å². The lowest BCUT2D eigenvalue weighted by Crippen LogP contribution is -2.47. The normalized spacial score (nSPS) is 18.8. The number of para-hydroxylation sites is 2. The van der Waals surface area contributed by atoms with Gasteiger partial charge in [0.2, 0.25) is 0 Å². The molecular weight excluding hydrogens is 693 g/mol. The zero-order chi connectivity index (χ0) is 38.2. The van der Waals surface area contributed by atoms with Gasteiger partial charge >= 0.3 is 0 Å². The monoisotopic (exact) mass is 744 g/mol. The van der Waals surface area contributed by atoms with Crippen LogP contribution in [0.2, 0.25) is 0 Å². The van der Waals surface area contributed by atoms with Crippen LogP contribution in [-0.4, -0.2) is 37.6 Å². The van der Waals surface area contributed by atoms with Gasteiger partial charge in [0, 0.05) is 47.0 Å². The van der Waals surface area contributed by atoms with Crippen molar-refractivity contribution in [2.45, 2.75) is 63.9 Å². The molecule has 6 nitrogen and oxygen atoms in total. The number of rotatable bonds is 17. The lowest BCUT2D eigenvalue weighted by molar-refractivity contribution is -0.184. The van der Waals surface area contributed by atoms with E-state index in [1.165, 1.54) is 0 Å². The summed E-state index contributed by atoms with van der Waals surface area (Å²) < 4.78 is 23.8. The smallest absolute Gasteiger partial charge is 0.0934 e. The average molecular weight is 745 g/mol. The molecule has 0 amide bonds. The van der Waals surface area contributed by atoms with Crippen LogP contribution >= 0.6 is 0 Å². The van der Waals surface area contributed by atoms with Gasteiger partial charge in [0.05, 0.1) is 50.8 Å². The second-order valence-electron chi connectivity index (χ2n) is 15.0. The fourth-order valence-corrected chi connectivity index (χ4v) is 7.62. The minimum Gasteiger partial charge on any atom is -0.374 e. The van der Waals surface area contributed by atoms with Gasteiger partial charge in [0.25, 0.3) is 0 Å². The molecular formula is C50H52N2O4. The Hall–Kier alpha value is -5.24. The van der Waals surface area contributed by atoms with E-state index < -0.39 is 0 Å². The average Bonchev–Trinajstić information content (AvgIpc) is 3.23. The minimum absolute atomic E-state index is 0.0896. The van der Waals surface area contributed by atoms with Crippen LogP contribution in [0.25, 0.3) is 11.1 Å². The van der Waals surface area contributed by atoms with E-state index in [4.69, 9.17) is 18.9 Å². The first-order chi connectivity index (χ1) is 27.6. The summed E-state index contributed by atoms with van der Waals surface area (Å²) in [5.41, 5.74) is 11.0. The molecule has 0 N–H and O–H groups in total. The van der Waals surface area contributed by atoms with E-state index in [0.29, 0.717) is 26.4 Å². The molecule has 2 saturated heterocycles. The van der Waals surface area contributed by atoms with E-state index in [0.717, 1.165) is 95.3 Å². The van der Waals surface area contributed by atoms with Crippen molar-refractivity contribution < 1.29 is 18.9 Å². The maximum absolute atomic E-state index is 6.09. The van der Waals surface area contributed by atoms with E-state index in [1.54, 1.807) is 0 Å². The highest BCUT2D eigenvalue weighted by Gasteiger charge is 2.37. The van der Waals surface area contributed by atoms with Crippen molar-refractivity contribution in [3.63, 3.8) is 0 Å². The van der Waals surface area contributed by atoms with Gasteiger partial charge in [-0.05, 0) is 108 Å². The minimum atomic E-state index is -0.0896. The first kappa shape index (κ1) is 37.7. The van der Waals surface area contributed by atoms with Crippen molar-refractivity contribution in [2.24, 2.45) is 0 Å². The zero-order valence-electron chi connectivity index (χ0n) is 32.6. The Morgan fingerprint density at radius 1 is 0.429 bits per heavy atom. The predicted molar refractivity (Wildman–Crippen MR) is 228 cm³/mol. The van der Waals surface area contributed by atoms with Crippen molar-refractivity contribution in [1.82, 2.24) is 0 Å². The molecule has 6 aromatic rings. The summed E-state index contributed by atoms with van der Waals surface area (Å²) in [6, 6.07) is 56.1. The standard InChI is InChI=1S/C50H52N2O4/c1-3-49(31-33-55-49)37-53-35-39-15-23-45(24-16-39)51(43-11-7-5-8-12-43)47-27-19-41(20-28-47)42-21-29-48(30-22-42)52(44-13-9-6-10-14-44)46-25-17-40(18-26-46)36-54-38-50(4-2)32-34-56-50/h5-30H,3-4,31-38H2,1-2H3. The molecule has 6 aromatic carbocycles. The van der Waals surface area contributed by atoms with Gasteiger partial charge in [-0.25, -0.2) is 0 Å². The first-order valence-corrected chi connectivity index (χ1v) is 20.1. The quantitative estimate of drug-likeness (QED) is 0.0926. The van der Waals surface area contributed by atoms with Gasteiger partial charge in [-0.15, -0.1) is 0 Å². The van der Waals surface area contributed by atoms with Crippen LogP contribution in [0.4, 0.5) is 34.1 Å². The molecule has 2 heterocycles. The number of hydrogen-bond donors (Lipinski definition) is 0. The maximum Gasteiger partial charge on any atom is 0.0934 e. The largest absolute Gasteiger partial charge is 0.374 e. The number of hydrogen-bond acceptors (Lipinski definition) is 6. The van der Waals surface area contributed by atoms with Gasteiger partial charge in [-0.1, -0.05) is 98.8 Å². The molecule has 286 valence electrons. The van der Waals surface area contributed by atoms with Crippen molar-refractivity contribution in [3.05, 3.63) is 169 Å². The summed E-state index contributed by atoms with van der Waals surface area (Å²) in [6.45, 7) is 8.45. The second kappa shape index (κ2) is 17.3. The van der Waals surface area contributed by atoms with E-state index in [1.807, 2.05) is 0 Å². The van der Waals surface area contributed by atoms with Gasteiger partial charge in [0.15, 0.2) is 0 Å². The van der Waals surface area contributed by atoms with Gasteiger partial charge in [-0.2, -0.15) is 0 Å². The lowest BCUT2D eigenvalue weighted by atomic mass is 9.93. The molecule has 2 atom stereocenters. The third-order valence-corrected chi connectivity index (χ3v) is 11.5. The Bertz CT molecular complexity index is 1940. The SMILES string of the molecule is CCC1(COCc2ccc(N(c3ccccc3)c3ccc(-c4ccc(N(c5ccccc5)c5ccc(COCC6(CC)CCO6)cc5)cc4)cc3)cc2)CCO1. The molecule has 2 aliphatic rings. The van der Waals surface area contributed by atoms with Crippen molar-refractivity contribution in [2.75, 3.05) is 36.2 Å². The molecule has 0 radical (unpaired) electrons. The van der Waals surface area contributed by atoms with E-state index in [9.17, 15) is 0 Å². The molecule has 56 heavy (non-hydrogen) atoms. The number of nitrogens with zero attached hydrogens (tertiary/aromatic N) is 2. The summed E-state index contributed by atoms with van der Waals surface area (Å²) >= 11 is 0. The van der Waals surface area contributed by atoms with Crippen LogP contribution in [0, 0.1) is 0 Å². The Labute approximate surface area is 332 Å². The molecule has 0 aliphatic carbocycles. The fraction of sp³-hybridized carbons (Fsp3) is 0.280. The van der Waals surface area contributed by atoms with Crippen molar-refractivity contribution in [1.29, 1.82) is 0 Å². The predicted octanol–water partition coefficient (Wildman–Crippen LogP) is 12.5. The van der Waals surface area contributed by atoms with E-state index in [-0.39, 0.29) is 11.2 Å². The molecule has 8 rings (SSSR count). The van der Waals surface area contributed by atoms with Crippen LogP contribution in [0.1, 0.15) is 50.7 Å². The van der Waals surface area contributed by atoms with Gasteiger partial charge in [-0.3, -0.25) is 0 Å². The third kappa shape index (κ3) is 8.45. The molecule has 0 bridgehead atoms. The molecule has 2 fully saturated rings. The Kier molecular flexibility index (Phi) is 11.6. The number of benzene rings is 6. The third-order valence-electron chi connectivity index (χ3n) is 11.5. The highest BCUT2D eigenvalue weighted by atomic mass is 16.6. The molecule has 0 saturated carbocycles. The van der Waals surface area contributed by atoms with Crippen LogP contribution in [0.3, 0.4) is 0 Å².